The molecule has 0 fully saturated rings. The van der Waals surface area contributed by atoms with Crippen molar-refractivity contribution in [2.45, 2.75) is 13.3 Å². The Morgan fingerprint density at radius 3 is 2.92 bits per heavy atom. The molecule has 0 N–H and O–H groups in total. The van der Waals surface area contributed by atoms with Gasteiger partial charge in [-0.1, -0.05) is 24.3 Å². The van der Waals surface area contributed by atoms with Crippen molar-refractivity contribution < 1.29 is 9.53 Å². The van der Waals surface area contributed by atoms with Gasteiger partial charge in [0.05, 0.1) is 0 Å². The smallest absolute Gasteiger partial charge is 0.308 e. The van der Waals surface area contributed by atoms with E-state index in [9.17, 15) is 4.79 Å². The zero-order valence-corrected chi connectivity index (χ0v) is 7.41. The van der Waals surface area contributed by atoms with Gasteiger partial charge in [0, 0.05) is 12.5 Å². The van der Waals surface area contributed by atoms with E-state index in [0.29, 0.717) is 5.76 Å². The molecule has 1 aliphatic carbocycles. The van der Waals surface area contributed by atoms with Crippen LogP contribution in [0.1, 0.15) is 18.1 Å². The van der Waals surface area contributed by atoms with Crippen molar-refractivity contribution in [2.24, 2.45) is 0 Å². The number of benzene rings is 1. The largest absolute Gasteiger partial charge is 0.426 e. The lowest BCUT2D eigenvalue weighted by atomic mass is 10.1. The molecule has 1 aliphatic rings. The number of carbonyl (C=O) groups is 1. The van der Waals surface area contributed by atoms with Gasteiger partial charge in [0.2, 0.25) is 0 Å². The fourth-order valence-electron chi connectivity index (χ4n) is 1.50. The van der Waals surface area contributed by atoms with E-state index in [2.05, 4.69) is 0 Å². The van der Waals surface area contributed by atoms with E-state index in [4.69, 9.17) is 4.74 Å². The molecule has 0 amide bonds. The van der Waals surface area contributed by atoms with Crippen LogP contribution in [0.5, 0.6) is 0 Å². The molecule has 0 aromatic heterocycles. The van der Waals surface area contributed by atoms with E-state index in [-0.39, 0.29) is 5.97 Å². The summed E-state index contributed by atoms with van der Waals surface area (Å²) in [6.45, 7) is 1.42. The quantitative estimate of drug-likeness (QED) is 0.610. The lowest BCUT2D eigenvalue weighted by Crippen LogP contribution is -1.96. The highest BCUT2D eigenvalue weighted by Gasteiger charge is 2.15. The van der Waals surface area contributed by atoms with Crippen molar-refractivity contribution >= 4 is 11.7 Å². The third-order valence-electron chi connectivity index (χ3n) is 2.04. The van der Waals surface area contributed by atoms with Crippen LogP contribution < -0.4 is 0 Å². The second-order valence-corrected chi connectivity index (χ2v) is 3.02. The molecule has 0 unspecified atom stereocenters. The standard InChI is InChI=1S/C11H10O2/c1-8(12)13-11-7-6-9-4-2-3-5-10(9)11/h2-5,7H,6H2,1H3. The van der Waals surface area contributed by atoms with Crippen LogP contribution in [0.4, 0.5) is 0 Å². The first-order valence-corrected chi connectivity index (χ1v) is 4.24. The minimum atomic E-state index is -0.261. The van der Waals surface area contributed by atoms with Crippen LogP contribution in [0.15, 0.2) is 30.3 Å². The molecule has 0 atom stereocenters. The van der Waals surface area contributed by atoms with Gasteiger partial charge in [0.15, 0.2) is 0 Å². The van der Waals surface area contributed by atoms with E-state index < -0.39 is 0 Å². The number of carbonyl (C=O) groups excluding carboxylic acids is 1. The summed E-state index contributed by atoms with van der Waals surface area (Å²) >= 11 is 0. The molecule has 0 saturated carbocycles. The maximum atomic E-state index is 10.7. The lowest BCUT2D eigenvalue weighted by molar-refractivity contribution is -0.134. The highest BCUT2D eigenvalue weighted by molar-refractivity contribution is 5.79. The van der Waals surface area contributed by atoms with E-state index in [1.807, 2.05) is 30.3 Å². The third-order valence-corrected chi connectivity index (χ3v) is 2.04. The average molecular weight is 174 g/mol. The molecular weight excluding hydrogens is 164 g/mol. The first kappa shape index (κ1) is 8.05. The van der Waals surface area contributed by atoms with Crippen molar-refractivity contribution in [3.8, 4) is 0 Å². The van der Waals surface area contributed by atoms with Crippen molar-refractivity contribution in [3.63, 3.8) is 0 Å². The number of esters is 1. The molecule has 2 rings (SSSR count). The van der Waals surface area contributed by atoms with Crippen LogP contribution >= 0.6 is 0 Å². The topological polar surface area (TPSA) is 26.3 Å². The van der Waals surface area contributed by atoms with E-state index in [1.54, 1.807) is 0 Å². The number of ether oxygens (including phenoxy) is 1. The van der Waals surface area contributed by atoms with Gasteiger partial charge in [-0.25, -0.2) is 0 Å². The first-order valence-electron chi connectivity index (χ1n) is 4.24. The Bertz CT molecular complexity index is 377. The van der Waals surface area contributed by atoms with Gasteiger partial charge in [-0.15, -0.1) is 0 Å². The van der Waals surface area contributed by atoms with Gasteiger partial charge >= 0.3 is 5.97 Å². The van der Waals surface area contributed by atoms with Crippen molar-refractivity contribution in [1.29, 1.82) is 0 Å². The fraction of sp³-hybridized carbons (Fsp3) is 0.182. The van der Waals surface area contributed by atoms with Gasteiger partial charge in [-0.2, -0.15) is 0 Å². The first-order chi connectivity index (χ1) is 6.27. The molecule has 0 saturated heterocycles. The zero-order chi connectivity index (χ0) is 9.26. The van der Waals surface area contributed by atoms with Crippen LogP contribution in [0.2, 0.25) is 0 Å². The molecule has 66 valence electrons. The Kier molecular flexibility index (Phi) is 1.89. The van der Waals surface area contributed by atoms with Gasteiger partial charge in [-0.05, 0) is 18.1 Å². The van der Waals surface area contributed by atoms with Crippen molar-refractivity contribution in [1.82, 2.24) is 0 Å². The van der Waals surface area contributed by atoms with Crippen LogP contribution in [-0.2, 0) is 16.0 Å². The Labute approximate surface area is 76.8 Å². The molecule has 0 spiro atoms. The minimum absolute atomic E-state index is 0.261. The summed E-state index contributed by atoms with van der Waals surface area (Å²) in [6.07, 6.45) is 2.80. The number of fused-ring (bicyclic) bond motifs is 1. The molecule has 1 aromatic carbocycles. The van der Waals surface area contributed by atoms with E-state index in [0.717, 1.165) is 12.0 Å². The minimum Gasteiger partial charge on any atom is -0.426 e. The molecule has 2 nitrogen and oxygen atoms in total. The molecule has 1 aromatic rings. The molecule has 0 bridgehead atoms. The van der Waals surface area contributed by atoms with E-state index in [1.165, 1.54) is 12.5 Å². The van der Waals surface area contributed by atoms with Gasteiger partial charge in [-0.3, -0.25) is 4.79 Å². The SMILES string of the molecule is CC(=O)OC1=CCc2ccccc21. The summed E-state index contributed by atoms with van der Waals surface area (Å²) in [5, 5.41) is 0. The Hall–Kier alpha value is -1.57. The summed E-state index contributed by atoms with van der Waals surface area (Å²) in [7, 11) is 0. The Morgan fingerprint density at radius 1 is 1.38 bits per heavy atom. The number of hydrogen-bond acceptors (Lipinski definition) is 2. The maximum Gasteiger partial charge on any atom is 0.308 e. The molecule has 0 heterocycles. The zero-order valence-electron chi connectivity index (χ0n) is 7.41. The number of allylic oxidation sites excluding steroid dienone is 1. The predicted molar refractivity (Wildman–Crippen MR) is 49.9 cm³/mol. The second kappa shape index (κ2) is 3.05. The maximum absolute atomic E-state index is 10.7. The molecule has 0 radical (unpaired) electrons. The van der Waals surface area contributed by atoms with Crippen molar-refractivity contribution in [2.75, 3.05) is 0 Å². The van der Waals surface area contributed by atoms with E-state index >= 15 is 0 Å². The van der Waals surface area contributed by atoms with Gasteiger partial charge < -0.3 is 4.74 Å². The second-order valence-electron chi connectivity index (χ2n) is 3.02. The predicted octanol–water partition coefficient (Wildman–Crippen LogP) is 2.15. The van der Waals surface area contributed by atoms with Gasteiger partial charge in [0.25, 0.3) is 0 Å². The van der Waals surface area contributed by atoms with Crippen molar-refractivity contribution in [3.05, 3.63) is 41.5 Å². The lowest BCUT2D eigenvalue weighted by Gasteiger charge is -2.03. The summed E-state index contributed by atoms with van der Waals surface area (Å²) < 4.78 is 5.06. The summed E-state index contributed by atoms with van der Waals surface area (Å²) in [6, 6.07) is 7.95. The fourth-order valence-corrected chi connectivity index (χ4v) is 1.50. The number of rotatable bonds is 1. The van der Waals surface area contributed by atoms with Crippen LogP contribution in [0.25, 0.3) is 5.76 Å². The molecule has 0 aliphatic heterocycles. The monoisotopic (exact) mass is 174 g/mol. The Morgan fingerprint density at radius 2 is 2.15 bits per heavy atom. The summed E-state index contributed by atoms with van der Waals surface area (Å²) in [4.78, 5) is 10.7. The van der Waals surface area contributed by atoms with Crippen LogP contribution in [0, 0.1) is 0 Å². The highest BCUT2D eigenvalue weighted by atomic mass is 16.5. The summed E-state index contributed by atoms with van der Waals surface area (Å²) in [5.74, 6) is 0.436. The average Bonchev–Trinajstić information content (AvgIpc) is 2.48. The number of hydrogen-bond donors (Lipinski definition) is 0. The Balaban J connectivity index is 2.31. The normalized spacial score (nSPS) is 13.5. The van der Waals surface area contributed by atoms with Crippen LogP contribution in [-0.4, -0.2) is 5.97 Å². The molecular formula is C11H10O2. The third kappa shape index (κ3) is 1.47. The summed E-state index contributed by atoms with van der Waals surface area (Å²) in [5.41, 5.74) is 2.26. The molecule has 13 heavy (non-hydrogen) atoms. The van der Waals surface area contributed by atoms with Crippen LogP contribution in [0.3, 0.4) is 0 Å². The highest BCUT2D eigenvalue weighted by Crippen LogP contribution is 2.27. The van der Waals surface area contributed by atoms with Gasteiger partial charge in [0.1, 0.15) is 5.76 Å². The molecule has 2 heteroatoms.